The van der Waals surface area contributed by atoms with Crippen LogP contribution in [0.3, 0.4) is 0 Å². The Hall–Kier alpha value is -2.07. The summed E-state index contributed by atoms with van der Waals surface area (Å²) in [5, 5.41) is 1.03. The highest BCUT2D eigenvalue weighted by Crippen LogP contribution is 2.30. The summed E-state index contributed by atoms with van der Waals surface area (Å²) in [6.07, 6.45) is 0. The van der Waals surface area contributed by atoms with Crippen LogP contribution in [0, 0.1) is 5.82 Å². The zero-order chi connectivity index (χ0) is 13.2. The van der Waals surface area contributed by atoms with Gasteiger partial charge in [0.2, 0.25) is 0 Å². The van der Waals surface area contributed by atoms with Gasteiger partial charge < -0.3 is 10.5 Å². The van der Waals surface area contributed by atoms with E-state index in [9.17, 15) is 4.39 Å². The predicted octanol–water partition coefficient (Wildman–Crippen LogP) is 4.20. The molecule has 2 N–H and O–H groups in total. The topological polar surface area (TPSA) is 35.2 Å². The normalized spacial score (nSPS) is 10.8. The molecule has 2 nitrogen and oxygen atoms in total. The maximum absolute atomic E-state index is 13.4. The number of hydrogen-bond donors (Lipinski definition) is 1. The molecular weight excluding hydrogens is 261 g/mol. The fourth-order valence-corrected chi connectivity index (χ4v) is 2.93. The molecule has 96 valence electrons. The molecule has 0 atom stereocenters. The number of thiophene rings is 1. The molecule has 0 unspecified atom stereocenters. The van der Waals surface area contributed by atoms with E-state index in [2.05, 4.69) is 0 Å². The van der Waals surface area contributed by atoms with Crippen molar-refractivity contribution in [1.29, 1.82) is 0 Å². The average molecular weight is 273 g/mol. The molecule has 0 aliphatic carbocycles. The summed E-state index contributed by atoms with van der Waals surface area (Å²) in [4.78, 5) is 1.02. The first-order chi connectivity index (χ1) is 9.24. The van der Waals surface area contributed by atoms with Crippen molar-refractivity contribution in [3.63, 3.8) is 0 Å². The van der Waals surface area contributed by atoms with Crippen molar-refractivity contribution in [2.24, 2.45) is 0 Å². The molecule has 0 saturated carbocycles. The van der Waals surface area contributed by atoms with Gasteiger partial charge in [-0.1, -0.05) is 18.2 Å². The number of anilines is 1. The van der Waals surface area contributed by atoms with Crippen LogP contribution in [0.25, 0.3) is 10.1 Å². The van der Waals surface area contributed by atoms with E-state index in [1.54, 1.807) is 29.5 Å². The maximum atomic E-state index is 13.4. The average Bonchev–Trinajstić information content (AvgIpc) is 2.82. The molecule has 0 radical (unpaired) electrons. The number of nitrogen functional groups attached to an aromatic ring is 1. The van der Waals surface area contributed by atoms with Gasteiger partial charge in [0.25, 0.3) is 0 Å². The molecule has 2 aromatic carbocycles. The van der Waals surface area contributed by atoms with Gasteiger partial charge >= 0.3 is 0 Å². The molecule has 0 amide bonds. The van der Waals surface area contributed by atoms with Gasteiger partial charge in [0, 0.05) is 20.7 Å². The largest absolute Gasteiger partial charge is 0.485 e. The molecule has 3 aromatic rings. The second kappa shape index (κ2) is 4.90. The summed E-state index contributed by atoms with van der Waals surface area (Å²) < 4.78 is 20.0. The van der Waals surface area contributed by atoms with E-state index in [0.717, 1.165) is 20.7 Å². The fraction of sp³-hybridized carbons (Fsp3) is 0.0667. The third-order valence-electron chi connectivity index (χ3n) is 2.85. The summed E-state index contributed by atoms with van der Waals surface area (Å²) in [5.74, 6) is -0.0731. The smallest absolute Gasteiger partial charge is 0.165 e. The molecule has 1 heterocycles. The molecule has 0 aliphatic rings. The summed E-state index contributed by atoms with van der Waals surface area (Å²) in [7, 11) is 0. The van der Waals surface area contributed by atoms with Gasteiger partial charge in [-0.2, -0.15) is 0 Å². The van der Waals surface area contributed by atoms with E-state index in [1.807, 2.05) is 24.3 Å². The van der Waals surface area contributed by atoms with Gasteiger partial charge in [-0.25, -0.2) is 4.39 Å². The Kier molecular flexibility index (Phi) is 3.09. The van der Waals surface area contributed by atoms with E-state index >= 15 is 0 Å². The van der Waals surface area contributed by atoms with Crippen molar-refractivity contribution in [2.75, 3.05) is 5.73 Å². The fourth-order valence-electron chi connectivity index (χ4n) is 1.92. The molecule has 0 saturated heterocycles. The number of para-hydroxylation sites is 1. The van der Waals surface area contributed by atoms with Crippen LogP contribution < -0.4 is 10.5 Å². The monoisotopic (exact) mass is 273 g/mol. The van der Waals surface area contributed by atoms with Crippen molar-refractivity contribution in [2.45, 2.75) is 6.61 Å². The molecule has 0 bridgehead atoms. The lowest BCUT2D eigenvalue weighted by Gasteiger charge is -2.04. The first-order valence-corrected chi connectivity index (χ1v) is 6.70. The van der Waals surface area contributed by atoms with Crippen LogP contribution in [0.1, 0.15) is 4.88 Å². The van der Waals surface area contributed by atoms with Crippen LogP contribution in [0.2, 0.25) is 0 Å². The number of benzene rings is 2. The van der Waals surface area contributed by atoms with Gasteiger partial charge in [0.05, 0.1) is 0 Å². The Morgan fingerprint density at radius 3 is 2.74 bits per heavy atom. The lowest BCUT2D eigenvalue weighted by Crippen LogP contribution is -1.94. The Bertz CT molecular complexity index is 723. The molecule has 1 aromatic heterocycles. The van der Waals surface area contributed by atoms with Gasteiger partial charge in [-0.15, -0.1) is 11.3 Å². The van der Waals surface area contributed by atoms with Crippen LogP contribution in [0.15, 0.2) is 48.5 Å². The minimum Gasteiger partial charge on any atom is -0.485 e. The second-order valence-corrected chi connectivity index (χ2v) is 5.36. The minimum atomic E-state index is -0.344. The maximum Gasteiger partial charge on any atom is 0.165 e. The Morgan fingerprint density at radius 1 is 1.11 bits per heavy atom. The second-order valence-electron chi connectivity index (χ2n) is 4.19. The van der Waals surface area contributed by atoms with Crippen LogP contribution in [0.4, 0.5) is 10.1 Å². The quantitative estimate of drug-likeness (QED) is 0.726. The Balaban J connectivity index is 1.83. The van der Waals surface area contributed by atoms with Crippen molar-refractivity contribution in [1.82, 2.24) is 0 Å². The van der Waals surface area contributed by atoms with Gasteiger partial charge in [0.1, 0.15) is 6.61 Å². The van der Waals surface area contributed by atoms with E-state index in [-0.39, 0.29) is 11.6 Å². The summed E-state index contributed by atoms with van der Waals surface area (Å²) in [6.45, 7) is 0.347. The Labute approximate surface area is 114 Å². The van der Waals surface area contributed by atoms with E-state index in [4.69, 9.17) is 10.5 Å². The van der Waals surface area contributed by atoms with Crippen molar-refractivity contribution in [3.8, 4) is 5.75 Å². The van der Waals surface area contributed by atoms with E-state index < -0.39 is 0 Å². The number of ether oxygens (including phenoxy) is 1. The van der Waals surface area contributed by atoms with Crippen molar-refractivity contribution >= 4 is 27.1 Å². The summed E-state index contributed by atoms with van der Waals surface area (Å²) in [5.41, 5.74) is 6.66. The molecule has 0 spiro atoms. The van der Waals surface area contributed by atoms with E-state index in [1.165, 1.54) is 6.07 Å². The highest BCUT2D eigenvalue weighted by Gasteiger charge is 2.06. The lowest BCUT2D eigenvalue weighted by molar-refractivity contribution is 0.293. The standard InChI is InChI=1S/C15H12FNOS/c16-12-4-1-2-6-14(12)18-9-10-8-11-13(17)5-3-7-15(11)19-10/h1-8H,9,17H2. The van der Waals surface area contributed by atoms with Crippen molar-refractivity contribution in [3.05, 3.63) is 59.2 Å². The third-order valence-corrected chi connectivity index (χ3v) is 3.93. The van der Waals surface area contributed by atoms with Crippen molar-refractivity contribution < 1.29 is 9.13 Å². The highest BCUT2D eigenvalue weighted by atomic mass is 32.1. The number of hydrogen-bond acceptors (Lipinski definition) is 3. The third kappa shape index (κ3) is 2.39. The predicted molar refractivity (Wildman–Crippen MR) is 77.0 cm³/mol. The molecule has 19 heavy (non-hydrogen) atoms. The first kappa shape index (κ1) is 12.0. The van der Waals surface area contributed by atoms with Gasteiger partial charge in [-0.3, -0.25) is 0 Å². The van der Waals surface area contributed by atoms with Gasteiger partial charge in [-0.05, 0) is 30.3 Å². The highest BCUT2D eigenvalue weighted by molar-refractivity contribution is 7.19. The minimum absolute atomic E-state index is 0.271. The van der Waals surface area contributed by atoms with Crippen LogP contribution in [-0.4, -0.2) is 0 Å². The molecule has 4 heteroatoms. The number of halogens is 1. The number of fused-ring (bicyclic) bond motifs is 1. The SMILES string of the molecule is Nc1cccc2sc(COc3ccccc3F)cc12. The number of rotatable bonds is 3. The summed E-state index contributed by atoms with van der Waals surface area (Å²) in [6, 6.07) is 14.2. The van der Waals surface area contributed by atoms with Crippen LogP contribution in [-0.2, 0) is 6.61 Å². The molecule has 0 fully saturated rings. The van der Waals surface area contributed by atoms with E-state index in [0.29, 0.717) is 6.61 Å². The molecule has 3 rings (SSSR count). The number of nitrogens with two attached hydrogens (primary N) is 1. The molecular formula is C15H12FNOS. The lowest BCUT2D eigenvalue weighted by atomic mass is 10.2. The van der Waals surface area contributed by atoms with Crippen LogP contribution in [0.5, 0.6) is 5.75 Å². The first-order valence-electron chi connectivity index (χ1n) is 5.88. The van der Waals surface area contributed by atoms with Crippen LogP contribution >= 0.6 is 11.3 Å². The molecule has 0 aliphatic heterocycles. The zero-order valence-electron chi connectivity index (χ0n) is 10.1. The Morgan fingerprint density at radius 2 is 1.95 bits per heavy atom. The summed E-state index contributed by atoms with van der Waals surface area (Å²) >= 11 is 1.61. The van der Waals surface area contributed by atoms with Gasteiger partial charge in [0.15, 0.2) is 11.6 Å². The zero-order valence-corrected chi connectivity index (χ0v) is 10.9.